The molecule has 1 fully saturated rings. The van der Waals surface area contributed by atoms with E-state index in [4.69, 9.17) is 11.6 Å². The van der Waals surface area contributed by atoms with Gasteiger partial charge in [-0.25, -0.2) is 8.42 Å². The first-order chi connectivity index (χ1) is 14.1. The van der Waals surface area contributed by atoms with Crippen molar-refractivity contribution in [2.75, 3.05) is 38.0 Å². The molecular formula is C22H28ClN3O3S. The Bertz CT molecular complexity index is 1040. The van der Waals surface area contributed by atoms with Gasteiger partial charge in [-0.05, 0) is 62.1 Å². The van der Waals surface area contributed by atoms with Crippen LogP contribution in [0.15, 0.2) is 35.2 Å². The average Bonchev–Trinajstić information content (AvgIpc) is 2.68. The number of rotatable bonds is 5. The fourth-order valence-electron chi connectivity index (χ4n) is 3.78. The van der Waals surface area contributed by atoms with Crippen LogP contribution in [-0.2, 0) is 14.8 Å². The molecule has 1 amide bonds. The highest BCUT2D eigenvalue weighted by atomic mass is 35.5. The fourth-order valence-corrected chi connectivity index (χ4v) is 5.96. The number of benzene rings is 2. The first-order valence-corrected chi connectivity index (χ1v) is 11.8. The lowest BCUT2D eigenvalue weighted by molar-refractivity contribution is -0.117. The molecule has 1 aliphatic heterocycles. The van der Waals surface area contributed by atoms with Crippen LogP contribution in [0, 0.1) is 27.7 Å². The van der Waals surface area contributed by atoms with Crippen molar-refractivity contribution >= 4 is 33.2 Å². The molecule has 8 heteroatoms. The summed E-state index contributed by atoms with van der Waals surface area (Å²) in [5, 5.41) is 3.29. The van der Waals surface area contributed by atoms with E-state index in [1.54, 1.807) is 18.2 Å². The van der Waals surface area contributed by atoms with E-state index in [0.717, 1.165) is 22.3 Å². The molecular weight excluding hydrogens is 422 g/mol. The molecule has 0 spiro atoms. The maximum atomic E-state index is 13.4. The Labute approximate surface area is 183 Å². The lowest BCUT2D eigenvalue weighted by Gasteiger charge is -2.34. The van der Waals surface area contributed by atoms with Crippen molar-refractivity contribution in [1.82, 2.24) is 9.21 Å². The first-order valence-electron chi connectivity index (χ1n) is 9.95. The summed E-state index contributed by atoms with van der Waals surface area (Å²) in [6, 6.07) is 9.11. The lowest BCUT2D eigenvalue weighted by Crippen LogP contribution is -2.50. The van der Waals surface area contributed by atoms with E-state index in [9.17, 15) is 13.2 Å². The van der Waals surface area contributed by atoms with E-state index in [0.29, 0.717) is 41.8 Å². The maximum Gasteiger partial charge on any atom is 0.243 e. The highest BCUT2D eigenvalue weighted by molar-refractivity contribution is 7.89. The van der Waals surface area contributed by atoms with Gasteiger partial charge < -0.3 is 5.32 Å². The van der Waals surface area contributed by atoms with E-state index < -0.39 is 10.0 Å². The third kappa shape index (κ3) is 4.70. The van der Waals surface area contributed by atoms with Gasteiger partial charge in [-0.15, -0.1) is 0 Å². The highest BCUT2D eigenvalue weighted by Gasteiger charge is 2.32. The van der Waals surface area contributed by atoms with Crippen LogP contribution in [0.1, 0.15) is 22.3 Å². The molecule has 1 aliphatic rings. The predicted molar refractivity (Wildman–Crippen MR) is 121 cm³/mol. The minimum atomic E-state index is -3.59. The summed E-state index contributed by atoms with van der Waals surface area (Å²) < 4.78 is 28.2. The van der Waals surface area contributed by atoms with Crippen LogP contribution in [-0.4, -0.2) is 56.3 Å². The van der Waals surface area contributed by atoms with Gasteiger partial charge >= 0.3 is 0 Å². The van der Waals surface area contributed by atoms with Crippen LogP contribution < -0.4 is 5.32 Å². The highest BCUT2D eigenvalue weighted by Crippen LogP contribution is 2.29. The molecule has 30 heavy (non-hydrogen) atoms. The van der Waals surface area contributed by atoms with Crippen molar-refractivity contribution in [2.45, 2.75) is 32.6 Å². The number of nitrogens with one attached hydrogen (secondary N) is 1. The van der Waals surface area contributed by atoms with Crippen LogP contribution in [0.4, 0.5) is 5.69 Å². The Kier molecular flexibility index (Phi) is 6.87. The second-order valence-electron chi connectivity index (χ2n) is 7.80. The Morgan fingerprint density at radius 1 is 1.00 bits per heavy atom. The Hall–Kier alpha value is -1.93. The standard InChI is InChI=1S/C22H28ClN3O3S/c1-15-13-16(2)18(4)22(17(15)3)30(28,29)26-11-9-25(10-12-26)14-21(27)24-20-8-6-5-7-19(20)23/h5-8,13H,9-12,14H2,1-4H3,(H,24,27). The van der Waals surface area contributed by atoms with Crippen LogP contribution >= 0.6 is 11.6 Å². The van der Waals surface area contributed by atoms with Gasteiger partial charge in [0, 0.05) is 26.2 Å². The monoisotopic (exact) mass is 449 g/mol. The quantitative estimate of drug-likeness (QED) is 0.758. The number of sulfonamides is 1. The fraction of sp³-hybridized carbons (Fsp3) is 0.409. The van der Waals surface area contributed by atoms with E-state index in [2.05, 4.69) is 5.32 Å². The number of anilines is 1. The van der Waals surface area contributed by atoms with Gasteiger partial charge in [0.1, 0.15) is 0 Å². The summed E-state index contributed by atoms with van der Waals surface area (Å²) in [5.74, 6) is -0.166. The zero-order chi connectivity index (χ0) is 22.1. The Morgan fingerprint density at radius 3 is 2.13 bits per heavy atom. The molecule has 0 atom stereocenters. The largest absolute Gasteiger partial charge is 0.324 e. The summed E-state index contributed by atoms with van der Waals surface area (Å²) in [4.78, 5) is 14.7. The smallest absolute Gasteiger partial charge is 0.243 e. The lowest BCUT2D eigenvalue weighted by atomic mass is 10.0. The molecule has 1 heterocycles. The number of amides is 1. The molecule has 2 aromatic carbocycles. The number of nitrogens with zero attached hydrogens (tertiary/aromatic N) is 2. The van der Waals surface area contributed by atoms with Gasteiger partial charge in [-0.1, -0.05) is 29.8 Å². The minimum absolute atomic E-state index is 0.166. The number of hydrogen-bond donors (Lipinski definition) is 1. The maximum absolute atomic E-state index is 13.4. The molecule has 6 nitrogen and oxygen atoms in total. The molecule has 2 aromatic rings. The Morgan fingerprint density at radius 2 is 1.57 bits per heavy atom. The predicted octanol–water partition coefficient (Wildman–Crippen LogP) is 3.52. The van der Waals surface area contributed by atoms with Crippen LogP contribution in [0.2, 0.25) is 5.02 Å². The second kappa shape index (κ2) is 9.06. The first kappa shape index (κ1) is 22.7. The van der Waals surface area contributed by atoms with E-state index >= 15 is 0 Å². The molecule has 0 saturated carbocycles. The molecule has 0 aromatic heterocycles. The third-order valence-electron chi connectivity index (χ3n) is 5.74. The number of para-hydroxylation sites is 1. The van der Waals surface area contributed by atoms with E-state index in [-0.39, 0.29) is 12.5 Å². The third-order valence-corrected chi connectivity index (χ3v) is 8.24. The van der Waals surface area contributed by atoms with Gasteiger partial charge in [-0.3, -0.25) is 9.69 Å². The van der Waals surface area contributed by atoms with Crippen molar-refractivity contribution in [3.63, 3.8) is 0 Å². The molecule has 3 rings (SSSR count). The van der Waals surface area contributed by atoms with E-state index in [1.807, 2.05) is 44.7 Å². The SMILES string of the molecule is Cc1cc(C)c(C)c(S(=O)(=O)N2CCN(CC(=O)Nc3ccccc3Cl)CC2)c1C. The van der Waals surface area contributed by atoms with Crippen molar-refractivity contribution in [3.05, 3.63) is 57.6 Å². The number of hydrogen-bond acceptors (Lipinski definition) is 4. The number of carbonyl (C=O) groups excluding carboxylic acids is 1. The molecule has 1 N–H and O–H groups in total. The molecule has 1 saturated heterocycles. The molecule has 0 unspecified atom stereocenters. The average molecular weight is 450 g/mol. The van der Waals surface area contributed by atoms with Crippen molar-refractivity contribution in [2.24, 2.45) is 0 Å². The summed E-state index contributed by atoms with van der Waals surface area (Å²) >= 11 is 6.08. The van der Waals surface area contributed by atoms with E-state index in [1.165, 1.54) is 4.31 Å². The summed E-state index contributed by atoms with van der Waals surface area (Å²) in [5.41, 5.74) is 4.14. The summed E-state index contributed by atoms with van der Waals surface area (Å²) in [7, 11) is -3.59. The van der Waals surface area contributed by atoms with Gasteiger partial charge in [0.15, 0.2) is 0 Å². The number of halogens is 1. The van der Waals surface area contributed by atoms with Crippen molar-refractivity contribution in [3.8, 4) is 0 Å². The van der Waals surface area contributed by atoms with Crippen LogP contribution in [0.5, 0.6) is 0 Å². The molecule has 0 bridgehead atoms. The zero-order valence-electron chi connectivity index (χ0n) is 17.8. The van der Waals surface area contributed by atoms with Crippen LogP contribution in [0.3, 0.4) is 0 Å². The molecule has 0 aliphatic carbocycles. The normalized spacial score (nSPS) is 15.9. The molecule has 162 valence electrons. The second-order valence-corrected chi connectivity index (χ2v) is 10.1. The number of aryl methyl sites for hydroxylation is 2. The van der Waals surface area contributed by atoms with Crippen LogP contribution in [0.25, 0.3) is 0 Å². The minimum Gasteiger partial charge on any atom is -0.324 e. The number of carbonyl (C=O) groups is 1. The van der Waals surface area contributed by atoms with Crippen molar-refractivity contribution in [1.29, 1.82) is 0 Å². The molecule has 0 radical (unpaired) electrons. The summed E-state index contributed by atoms with van der Waals surface area (Å²) in [6.07, 6.45) is 0. The summed E-state index contributed by atoms with van der Waals surface area (Å²) in [6.45, 7) is 9.51. The van der Waals surface area contributed by atoms with Gasteiger partial charge in [0.2, 0.25) is 15.9 Å². The zero-order valence-corrected chi connectivity index (χ0v) is 19.4. The van der Waals surface area contributed by atoms with Gasteiger partial charge in [0.25, 0.3) is 0 Å². The van der Waals surface area contributed by atoms with Crippen molar-refractivity contribution < 1.29 is 13.2 Å². The van der Waals surface area contributed by atoms with Gasteiger partial charge in [-0.2, -0.15) is 4.31 Å². The van der Waals surface area contributed by atoms with Gasteiger partial charge in [0.05, 0.1) is 22.2 Å². The topological polar surface area (TPSA) is 69.7 Å². The number of piperazine rings is 1. The Balaban J connectivity index is 1.66.